The molecule has 0 aliphatic carbocycles. The summed E-state index contributed by atoms with van der Waals surface area (Å²) >= 11 is 0. The van der Waals surface area contributed by atoms with E-state index in [0.717, 1.165) is 50.6 Å². The first-order valence-electron chi connectivity index (χ1n) is 8.10. The number of nitrogens with zero attached hydrogens (tertiary/aromatic N) is 1. The van der Waals surface area contributed by atoms with Crippen molar-refractivity contribution in [2.24, 2.45) is 5.73 Å². The van der Waals surface area contributed by atoms with Gasteiger partial charge in [-0.2, -0.15) is 0 Å². The van der Waals surface area contributed by atoms with Gasteiger partial charge in [-0.25, -0.2) is 0 Å². The molecule has 6 heteroatoms. The van der Waals surface area contributed by atoms with E-state index in [1.54, 1.807) is 12.0 Å². The van der Waals surface area contributed by atoms with Crippen LogP contribution in [0.25, 0.3) is 0 Å². The van der Waals surface area contributed by atoms with E-state index in [9.17, 15) is 4.79 Å². The highest BCUT2D eigenvalue weighted by atomic mass is 16.5. The van der Waals surface area contributed by atoms with Crippen molar-refractivity contribution in [3.63, 3.8) is 0 Å². The highest BCUT2D eigenvalue weighted by Crippen LogP contribution is 2.34. The molecule has 3 N–H and O–H groups in total. The summed E-state index contributed by atoms with van der Waals surface area (Å²) in [6, 6.07) is 3.91. The number of methoxy groups -OCH3 is 1. The Morgan fingerprint density at radius 1 is 1.30 bits per heavy atom. The van der Waals surface area contributed by atoms with Crippen LogP contribution in [-0.2, 0) is 17.8 Å². The van der Waals surface area contributed by atoms with Gasteiger partial charge < -0.3 is 19.5 Å². The van der Waals surface area contributed by atoms with Gasteiger partial charge in [0, 0.05) is 19.7 Å². The third-order valence-electron chi connectivity index (χ3n) is 4.10. The Hall–Kier alpha value is -1.79. The number of nitrogens with two attached hydrogens (primary N) is 1. The predicted octanol–water partition coefficient (Wildman–Crippen LogP) is 1.43. The fraction of sp³-hybridized carbons (Fsp3) is 0.588. The van der Waals surface area contributed by atoms with Crippen molar-refractivity contribution >= 4 is 6.41 Å². The second-order valence-electron chi connectivity index (χ2n) is 5.83. The molecule has 0 saturated carbocycles. The maximum atomic E-state index is 10.9. The molecule has 128 valence electrons. The van der Waals surface area contributed by atoms with E-state index in [2.05, 4.69) is 0 Å². The zero-order valence-electron chi connectivity index (χ0n) is 13.7. The van der Waals surface area contributed by atoms with Gasteiger partial charge in [-0.05, 0) is 48.9 Å². The lowest BCUT2D eigenvalue weighted by atomic mass is 9.99. The molecule has 0 fully saturated rings. The van der Waals surface area contributed by atoms with Crippen LogP contribution in [0.2, 0.25) is 0 Å². The van der Waals surface area contributed by atoms with E-state index in [-0.39, 0.29) is 6.61 Å². The van der Waals surface area contributed by atoms with Gasteiger partial charge in [-0.15, -0.1) is 0 Å². The first kappa shape index (κ1) is 17.6. The Balaban J connectivity index is 2.02. The molecule has 1 amide bonds. The van der Waals surface area contributed by atoms with Gasteiger partial charge in [0.25, 0.3) is 0 Å². The normalized spacial score (nSPS) is 15.0. The van der Waals surface area contributed by atoms with Crippen molar-refractivity contribution < 1.29 is 19.4 Å². The smallest absolute Gasteiger partial charge is 0.210 e. The van der Waals surface area contributed by atoms with Crippen molar-refractivity contribution in [2.75, 3.05) is 20.3 Å². The van der Waals surface area contributed by atoms with Gasteiger partial charge in [0.15, 0.2) is 11.5 Å². The van der Waals surface area contributed by atoms with Crippen LogP contribution in [0.4, 0.5) is 0 Å². The number of hydrogen-bond acceptors (Lipinski definition) is 5. The molecule has 1 aromatic carbocycles. The van der Waals surface area contributed by atoms with Crippen molar-refractivity contribution in [3.8, 4) is 11.5 Å². The lowest BCUT2D eigenvalue weighted by molar-refractivity contribution is -0.118. The summed E-state index contributed by atoms with van der Waals surface area (Å²) in [7, 11) is 1.60. The molecule has 2 rings (SSSR count). The molecular formula is C17H26N2O4. The van der Waals surface area contributed by atoms with Crippen LogP contribution in [0, 0.1) is 0 Å². The number of aliphatic hydroxyl groups excluding tert-OH is 1. The van der Waals surface area contributed by atoms with E-state index in [1.165, 1.54) is 5.56 Å². The van der Waals surface area contributed by atoms with Gasteiger partial charge in [0.2, 0.25) is 6.41 Å². The second kappa shape index (κ2) is 8.74. The van der Waals surface area contributed by atoms with Crippen molar-refractivity contribution in [3.05, 3.63) is 23.3 Å². The van der Waals surface area contributed by atoms with Crippen LogP contribution in [0.5, 0.6) is 11.5 Å². The molecule has 1 aliphatic rings. The maximum Gasteiger partial charge on any atom is 0.210 e. The second-order valence-corrected chi connectivity index (χ2v) is 5.83. The minimum atomic E-state index is -0.393. The Morgan fingerprint density at radius 3 is 2.78 bits per heavy atom. The minimum Gasteiger partial charge on any atom is -0.493 e. The van der Waals surface area contributed by atoms with Crippen LogP contribution in [0.3, 0.4) is 0 Å². The number of benzene rings is 1. The minimum absolute atomic E-state index is 0.215. The number of fused-ring (bicyclic) bond motifs is 1. The van der Waals surface area contributed by atoms with Crippen LogP contribution >= 0.6 is 0 Å². The van der Waals surface area contributed by atoms with E-state index < -0.39 is 6.23 Å². The zero-order chi connectivity index (χ0) is 16.7. The lowest BCUT2D eigenvalue weighted by Gasteiger charge is -2.27. The number of ether oxygens (including phenoxy) is 2. The molecule has 1 aromatic rings. The molecule has 0 saturated heterocycles. The zero-order valence-corrected chi connectivity index (χ0v) is 13.7. The maximum absolute atomic E-state index is 10.9. The van der Waals surface area contributed by atoms with Gasteiger partial charge in [0.05, 0.1) is 7.11 Å². The standard InChI is InChI=1S/C17H26N2O4/c1-22-15-10-14-11-19(12-21)7-6-13(14)9-16(15)23-17(18)5-3-2-4-8-20/h9-10,12,17,20H,2-8,11,18H2,1H3. The molecule has 6 nitrogen and oxygen atoms in total. The van der Waals surface area contributed by atoms with Gasteiger partial charge >= 0.3 is 0 Å². The van der Waals surface area contributed by atoms with E-state index in [4.69, 9.17) is 20.3 Å². The highest BCUT2D eigenvalue weighted by molar-refractivity contribution is 5.53. The SMILES string of the molecule is COc1cc2c(cc1OC(N)CCCCCO)CCN(C=O)C2. The van der Waals surface area contributed by atoms with Gasteiger partial charge in [-0.3, -0.25) is 10.5 Å². The number of amides is 1. The third-order valence-corrected chi connectivity index (χ3v) is 4.10. The Labute approximate surface area is 137 Å². The van der Waals surface area contributed by atoms with Crippen molar-refractivity contribution in [1.29, 1.82) is 0 Å². The Bertz CT molecular complexity index is 522. The summed E-state index contributed by atoms with van der Waals surface area (Å²) in [5.74, 6) is 1.29. The average Bonchev–Trinajstić information content (AvgIpc) is 2.57. The molecule has 0 aromatic heterocycles. The molecule has 1 unspecified atom stereocenters. The van der Waals surface area contributed by atoms with Crippen LogP contribution in [0.1, 0.15) is 36.8 Å². The van der Waals surface area contributed by atoms with Gasteiger partial charge in [0.1, 0.15) is 6.23 Å². The van der Waals surface area contributed by atoms with Crippen LogP contribution in [-0.4, -0.2) is 42.9 Å². The van der Waals surface area contributed by atoms with Crippen molar-refractivity contribution in [2.45, 2.75) is 44.9 Å². The van der Waals surface area contributed by atoms with E-state index >= 15 is 0 Å². The number of unbranched alkanes of at least 4 members (excludes halogenated alkanes) is 2. The van der Waals surface area contributed by atoms with Crippen molar-refractivity contribution in [1.82, 2.24) is 4.90 Å². The first-order valence-corrected chi connectivity index (χ1v) is 8.10. The lowest BCUT2D eigenvalue weighted by Crippen LogP contribution is -2.30. The molecule has 0 spiro atoms. The van der Waals surface area contributed by atoms with Crippen LogP contribution < -0.4 is 15.2 Å². The van der Waals surface area contributed by atoms with E-state index in [1.807, 2.05) is 12.1 Å². The number of aliphatic hydroxyl groups is 1. The molecule has 1 atom stereocenters. The summed E-state index contributed by atoms with van der Waals surface area (Å²) in [5.41, 5.74) is 8.30. The van der Waals surface area contributed by atoms with Gasteiger partial charge in [-0.1, -0.05) is 6.42 Å². The molecule has 0 bridgehead atoms. The monoisotopic (exact) mass is 322 g/mol. The third kappa shape index (κ3) is 4.84. The molecular weight excluding hydrogens is 296 g/mol. The van der Waals surface area contributed by atoms with Crippen LogP contribution in [0.15, 0.2) is 12.1 Å². The topological polar surface area (TPSA) is 85.0 Å². The molecule has 23 heavy (non-hydrogen) atoms. The average molecular weight is 322 g/mol. The summed E-state index contributed by atoms with van der Waals surface area (Å²) in [6.45, 7) is 1.53. The number of carbonyl (C=O) groups excluding carboxylic acids is 1. The fourth-order valence-corrected chi connectivity index (χ4v) is 2.78. The highest BCUT2D eigenvalue weighted by Gasteiger charge is 2.19. The number of carbonyl (C=O) groups is 1. The molecule has 0 radical (unpaired) electrons. The summed E-state index contributed by atoms with van der Waals surface area (Å²) in [6.07, 6.45) is 4.68. The number of hydrogen-bond donors (Lipinski definition) is 2. The molecule has 1 aliphatic heterocycles. The predicted molar refractivity (Wildman–Crippen MR) is 87.3 cm³/mol. The largest absolute Gasteiger partial charge is 0.493 e. The fourth-order valence-electron chi connectivity index (χ4n) is 2.78. The summed E-state index contributed by atoms with van der Waals surface area (Å²) in [5, 5.41) is 8.78. The van der Waals surface area contributed by atoms with E-state index in [0.29, 0.717) is 18.0 Å². The molecule has 1 heterocycles. The number of rotatable bonds is 9. The Kier molecular flexibility index (Phi) is 6.67. The summed E-state index contributed by atoms with van der Waals surface area (Å²) in [4.78, 5) is 12.7. The first-order chi connectivity index (χ1) is 11.2. The Morgan fingerprint density at radius 2 is 2.09 bits per heavy atom. The summed E-state index contributed by atoms with van der Waals surface area (Å²) < 4.78 is 11.2. The quantitative estimate of drug-likeness (QED) is 0.408.